The Morgan fingerprint density at radius 1 is 1.00 bits per heavy atom. The predicted octanol–water partition coefficient (Wildman–Crippen LogP) is 0.979. The van der Waals surface area contributed by atoms with Crippen molar-refractivity contribution in [3.8, 4) is 11.5 Å². The molecule has 0 radical (unpaired) electrons. The molecule has 9 nitrogen and oxygen atoms in total. The van der Waals surface area contributed by atoms with E-state index in [1.54, 1.807) is 6.07 Å². The van der Waals surface area contributed by atoms with E-state index in [-0.39, 0.29) is 35.7 Å². The number of aromatic hydroxyl groups is 2. The zero-order chi connectivity index (χ0) is 20.9. The second-order valence-electron chi connectivity index (χ2n) is 6.47. The maximum atomic E-state index is 12.6. The van der Waals surface area contributed by atoms with Crippen molar-refractivity contribution in [2.45, 2.75) is 13.1 Å². The number of anilines is 1. The number of phenols is 2. The molecule has 1 heterocycles. The number of carbonyl (C=O) groups is 1. The summed E-state index contributed by atoms with van der Waals surface area (Å²) in [6.45, 7) is -0.105. The quantitative estimate of drug-likeness (QED) is 0.681. The Hall–Kier alpha value is -2.79. The SMILES string of the molecule is CS(=O)(=O)N(c1ccccc1CN1Cc2c(ccc(O)c2O)C1=O)S(C)(=O)=O. The topological polar surface area (TPSA) is 132 Å². The molecule has 0 atom stereocenters. The van der Waals surface area contributed by atoms with Gasteiger partial charge >= 0.3 is 0 Å². The van der Waals surface area contributed by atoms with Crippen LogP contribution in [0.25, 0.3) is 0 Å². The van der Waals surface area contributed by atoms with Crippen LogP contribution < -0.4 is 3.71 Å². The third-order valence-corrected chi connectivity index (χ3v) is 7.50. The van der Waals surface area contributed by atoms with E-state index in [0.29, 0.717) is 9.27 Å². The standard InChI is InChI=1S/C17H18N2O7S2/c1-27(23,24)19(28(2,25)26)14-6-4-3-5-11(14)9-18-10-13-12(17(18)22)7-8-15(20)16(13)21/h3-8,20-21H,9-10H2,1-2H3. The molecule has 1 aliphatic rings. The van der Waals surface area contributed by atoms with Crippen LogP contribution in [0.2, 0.25) is 0 Å². The van der Waals surface area contributed by atoms with Gasteiger partial charge in [0.05, 0.1) is 24.7 Å². The minimum atomic E-state index is -4.14. The molecule has 28 heavy (non-hydrogen) atoms. The molecule has 0 saturated heterocycles. The van der Waals surface area contributed by atoms with E-state index in [1.165, 1.54) is 35.2 Å². The Kier molecular flexibility index (Phi) is 4.76. The molecule has 0 fully saturated rings. The van der Waals surface area contributed by atoms with E-state index in [4.69, 9.17) is 0 Å². The van der Waals surface area contributed by atoms with Gasteiger partial charge in [-0.25, -0.2) is 16.8 Å². The lowest BCUT2D eigenvalue weighted by Gasteiger charge is -2.24. The third kappa shape index (κ3) is 3.50. The first-order valence-corrected chi connectivity index (χ1v) is 11.7. The van der Waals surface area contributed by atoms with Gasteiger partial charge in [0.1, 0.15) is 0 Å². The first kappa shape index (κ1) is 20.0. The molecule has 0 unspecified atom stereocenters. The summed E-state index contributed by atoms with van der Waals surface area (Å²) >= 11 is 0. The molecule has 3 rings (SSSR count). The number of para-hydroxylation sites is 1. The van der Waals surface area contributed by atoms with Gasteiger partial charge in [-0.3, -0.25) is 4.79 Å². The van der Waals surface area contributed by atoms with Gasteiger partial charge in [-0.1, -0.05) is 18.2 Å². The van der Waals surface area contributed by atoms with Crippen molar-refractivity contribution in [3.05, 3.63) is 53.1 Å². The van der Waals surface area contributed by atoms with Crippen LogP contribution in [-0.4, -0.2) is 50.4 Å². The van der Waals surface area contributed by atoms with Gasteiger partial charge in [0.15, 0.2) is 11.5 Å². The smallest absolute Gasteiger partial charge is 0.254 e. The summed E-state index contributed by atoms with van der Waals surface area (Å²) in [6.07, 6.45) is 1.56. The van der Waals surface area contributed by atoms with E-state index >= 15 is 0 Å². The Labute approximate surface area is 162 Å². The Bertz CT molecular complexity index is 1140. The van der Waals surface area contributed by atoms with Gasteiger partial charge in [-0.2, -0.15) is 3.71 Å². The fourth-order valence-corrected chi connectivity index (χ4v) is 6.21. The van der Waals surface area contributed by atoms with Crippen molar-refractivity contribution in [2.24, 2.45) is 0 Å². The fraction of sp³-hybridized carbons (Fsp3) is 0.235. The second-order valence-corrected chi connectivity index (χ2v) is 10.4. The zero-order valence-electron chi connectivity index (χ0n) is 15.0. The molecule has 0 spiro atoms. The van der Waals surface area contributed by atoms with E-state index in [2.05, 4.69) is 0 Å². The Balaban J connectivity index is 2.02. The number of amides is 1. The van der Waals surface area contributed by atoms with Crippen LogP contribution >= 0.6 is 0 Å². The van der Waals surface area contributed by atoms with E-state index in [1.807, 2.05) is 0 Å². The van der Waals surface area contributed by atoms with Gasteiger partial charge in [0.2, 0.25) is 20.0 Å². The monoisotopic (exact) mass is 426 g/mol. The summed E-state index contributed by atoms with van der Waals surface area (Å²) in [5.74, 6) is -1.17. The lowest BCUT2D eigenvalue weighted by Crippen LogP contribution is -2.36. The first-order valence-electron chi connectivity index (χ1n) is 8.02. The number of carbonyl (C=O) groups excluding carboxylic acids is 1. The molecule has 0 bridgehead atoms. The third-order valence-electron chi connectivity index (χ3n) is 4.28. The highest BCUT2D eigenvalue weighted by Gasteiger charge is 2.33. The largest absolute Gasteiger partial charge is 0.504 e. The van der Waals surface area contributed by atoms with Gasteiger partial charge < -0.3 is 15.1 Å². The van der Waals surface area contributed by atoms with Crippen molar-refractivity contribution in [2.75, 3.05) is 16.2 Å². The van der Waals surface area contributed by atoms with E-state index in [0.717, 1.165) is 12.5 Å². The number of phenolic OH excluding ortho intramolecular Hbond substituents is 2. The van der Waals surface area contributed by atoms with Gasteiger partial charge in [-0.05, 0) is 23.8 Å². The number of hydrogen-bond acceptors (Lipinski definition) is 7. The van der Waals surface area contributed by atoms with Gasteiger partial charge in [0.25, 0.3) is 5.91 Å². The van der Waals surface area contributed by atoms with Gasteiger partial charge in [-0.15, -0.1) is 0 Å². The molecule has 2 N–H and O–H groups in total. The van der Waals surface area contributed by atoms with Crippen molar-refractivity contribution in [1.82, 2.24) is 4.90 Å². The highest BCUT2D eigenvalue weighted by molar-refractivity contribution is 8.09. The number of rotatable bonds is 5. The number of sulfonamides is 2. The van der Waals surface area contributed by atoms with Crippen molar-refractivity contribution >= 4 is 31.6 Å². The average Bonchev–Trinajstić information content (AvgIpc) is 2.87. The minimum absolute atomic E-state index is 0.0134. The maximum Gasteiger partial charge on any atom is 0.254 e. The summed E-state index contributed by atoms with van der Waals surface area (Å²) in [5, 5.41) is 19.6. The summed E-state index contributed by atoms with van der Waals surface area (Å²) in [5.41, 5.74) is 0.688. The van der Waals surface area contributed by atoms with Crippen LogP contribution in [0.1, 0.15) is 21.5 Å². The van der Waals surface area contributed by atoms with Crippen molar-refractivity contribution < 1.29 is 31.8 Å². The molecule has 2 aromatic carbocycles. The minimum Gasteiger partial charge on any atom is -0.504 e. The zero-order valence-corrected chi connectivity index (χ0v) is 16.7. The molecular weight excluding hydrogens is 408 g/mol. The number of benzene rings is 2. The lowest BCUT2D eigenvalue weighted by atomic mass is 10.1. The Morgan fingerprint density at radius 3 is 2.21 bits per heavy atom. The molecular formula is C17H18N2O7S2. The highest BCUT2D eigenvalue weighted by Crippen LogP contribution is 2.38. The molecule has 0 aliphatic carbocycles. The molecule has 1 aliphatic heterocycles. The second kappa shape index (κ2) is 6.67. The maximum absolute atomic E-state index is 12.6. The van der Waals surface area contributed by atoms with Crippen LogP contribution in [-0.2, 0) is 33.1 Å². The summed E-state index contributed by atoms with van der Waals surface area (Å²) in [6, 6.07) is 8.54. The van der Waals surface area contributed by atoms with E-state index in [9.17, 15) is 31.8 Å². The average molecular weight is 426 g/mol. The lowest BCUT2D eigenvalue weighted by molar-refractivity contribution is 0.0767. The van der Waals surface area contributed by atoms with Gasteiger partial charge in [0, 0.05) is 17.7 Å². The molecule has 0 aromatic heterocycles. The number of fused-ring (bicyclic) bond motifs is 1. The highest BCUT2D eigenvalue weighted by atomic mass is 32.3. The normalized spacial score (nSPS) is 14.2. The van der Waals surface area contributed by atoms with Crippen molar-refractivity contribution in [1.29, 1.82) is 0 Å². The first-order chi connectivity index (χ1) is 12.9. The molecule has 11 heteroatoms. The van der Waals surface area contributed by atoms with Crippen LogP contribution in [0.15, 0.2) is 36.4 Å². The molecule has 150 valence electrons. The number of hydrogen-bond donors (Lipinski definition) is 2. The summed E-state index contributed by atoms with van der Waals surface area (Å²) in [4.78, 5) is 13.9. The Morgan fingerprint density at radius 2 is 1.61 bits per heavy atom. The summed E-state index contributed by atoms with van der Waals surface area (Å²) < 4.78 is 48.7. The van der Waals surface area contributed by atoms with Crippen LogP contribution in [0.3, 0.4) is 0 Å². The molecule has 0 saturated carbocycles. The van der Waals surface area contributed by atoms with Crippen LogP contribution in [0, 0.1) is 0 Å². The molecule has 2 aromatic rings. The van der Waals surface area contributed by atoms with Crippen LogP contribution in [0.5, 0.6) is 11.5 Å². The predicted molar refractivity (Wildman–Crippen MR) is 102 cm³/mol. The fourth-order valence-electron chi connectivity index (χ4n) is 3.18. The number of nitrogens with zero attached hydrogens (tertiary/aromatic N) is 2. The molecule has 1 amide bonds. The van der Waals surface area contributed by atoms with E-state index < -0.39 is 31.7 Å². The van der Waals surface area contributed by atoms with Crippen LogP contribution in [0.4, 0.5) is 5.69 Å². The summed E-state index contributed by atoms with van der Waals surface area (Å²) in [7, 11) is -8.28. The van der Waals surface area contributed by atoms with Crippen molar-refractivity contribution in [3.63, 3.8) is 0 Å².